The van der Waals surface area contributed by atoms with Crippen LogP contribution in [0.4, 0.5) is 0 Å². The Labute approximate surface area is 107 Å². The van der Waals surface area contributed by atoms with Crippen LogP contribution in [-0.4, -0.2) is 21.1 Å². The van der Waals surface area contributed by atoms with Crippen molar-refractivity contribution in [1.29, 1.82) is 0 Å². The summed E-state index contributed by atoms with van der Waals surface area (Å²) in [5, 5.41) is 0. The summed E-state index contributed by atoms with van der Waals surface area (Å²) in [5.74, 6) is -0.205. The standard InChI is InChI=1S/C14H18N2O2/c1-14(2,3)18-13(17)8-10-5-6-11-12(7-10)16(4)9-15-11/h5-7,9H,8H2,1-4H3. The number of fused-ring (bicyclic) bond motifs is 1. The number of hydrogen-bond donors (Lipinski definition) is 0. The molecule has 0 aliphatic heterocycles. The van der Waals surface area contributed by atoms with E-state index < -0.39 is 5.60 Å². The van der Waals surface area contributed by atoms with Crippen molar-refractivity contribution in [3.8, 4) is 0 Å². The average Bonchev–Trinajstić information content (AvgIpc) is 2.57. The molecule has 0 unspecified atom stereocenters. The lowest BCUT2D eigenvalue weighted by atomic mass is 10.1. The summed E-state index contributed by atoms with van der Waals surface area (Å²) in [6, 6.07) is 5.82. The maximum Gasteiger partial charge on any atom is 0.310 e. The van der Waals surface area contributed by atoms with Gasteiger partial charge in [-0.25, -0.2) is 4.98 Å². The van der Waals surface area contributed by atoms with Gasteiger partial charge < -0.3 is 9.30 Å². The van der Waals surface area contributed by atoms with E-state index in [0.717, 1.165) is 16.6 Å². The fraction of sp³-hybridized carbons (Fsp3) is 0.429. The van der Waals surface area contributed by atoms with Gasteiger partial charge in [-0.15, -0.1) is 0 Å². The molecule has 0 N–H and O–H groups in total. The van der Waals surface area contributed by atoms with Crippen LogP contribution >= 0.6 is 0 Å². The van der Waals surface area contributed by atoms with Crippen LogP contribution in [-0.2, 0) is 23.0 Å². The monoisotopic (exact) mass is 246 g/mol. The summed E-state index contributed by atoms with van der Waals surface area (Å²) in [6.45, 7) is 5.61. The van der Waals surface area contributed by atoms with Gasteiger partial charge in [-0.05, 0) is 38.5 Å². The molecule has 0 aliphatic carbocycles. The van der Waals surface area contributed by atoms with Gasteiger partial charge in [-0.2, -0.15) is 0 Å². The van der Waals surface area contributed by atoms with Gasteiger partial charge in [-0.3, -0.25) is 4.79 Å². The predicted octanol–water partition coefficient (Wildman–Crippen LogP) is 2.46. The Morgan fingerprint density at radius 1 is 1.39 bits per heavy atom. The smallest absolute Gasteiger partial charge is 0.310 e. The molecule has 0 saturated carbocycles. The Balaban J connectivity index is 2.17. The zero-order chi connectivity index (χ0) is 13.3. The zero-order valence-corrected chi connectivity index (χ0v) is 11.2. The number of carbonyl (C=O) groups excluding carboxylic acids is 1. The third kappa shape index (κ3) is 2.88. The Hall–Kier alpha value is -1.84. The van der Waals surface area contributed by atoms with Crippen LogP contribution in [0, 0.1) is 0 Å². The average molecular weight is 246 g/mol. The van der Waals surface area contributed by atoms with Crippen LogP contribution in [0.2, 0.25) is 0 Å². The van der Waals surface area contributed by atoms with Crippen molar-refractivity contribution in [3.63, 3.8) is 0 Å². The predicted molar refractivity (Wildman–Crippen MR) is 70.3 cm³/mol. The quantitative estimate of drug-likeness (QED) is 0.764. The van der Waals surface area contributed by atoms with Crippen LogP contribution in [0.25, 0.3) is 11.0 Å². The van der Waals surface area contributed by atoms with E-state index in [-0.39, 0.29) is 5.97 Å². The van der Waals surface area contributed by atoms with Crippen molar-refractivity contribution in [2.75, 3.05) is 0 Å². The van der Waals surface area contributed by atoms with Gasteiger partial charge in [0.1, 0.15) is 5.60 Å². The summed E-state index contributed by atoms with van der Waals surface area (Å²) in [4.78, 5) is 16.0. The molecule has 0 amide bonds. The van der Waals surface area contributed by atoms with E-state index in [2.05, 4.69) is 4.98 Å². The molecule has 96 valence electrons. The molecule has 2 rings (SSSR count). The Morgan fingerprint density at radius 2 is 2.11 bits per heavy atom. The Morgan fingerprint density at radius 3 is 2.78 bits per heavy atom. The molecule has 0 bridgehead atoms. The van der Waals surface area contributed by atoms with Gasteiger partial charge in [0.25, 0.3) is 0 Å². The fourth-order valence-electron chi connectivity index (χ4n) is 1.83. The van der Waals surface area contributed by atoms with Gasteiger partial charge in [0.05, 0.1) is 23.8 Å². The molecular weight excluding hydrogens is 228 g/mol. The number of rotatable bonds is 2. The molecule has 1 aromatic heterocycles. The largest absolute Gasteiger partial charge is 0.460 e. The molecule has 18 heavy (non-hydrogen) atoms. The normalized spacial score (nSPS) is 11.8. The second-order valence-electron chi connectivity index (χ2n) is 5.44. The summed E-state index contributed by atoms with van der Waals surface area (Å²) >= 11 is 0. The van der Waals surface area contributed by atoms with Crippen molar-refractivity contribution >= 4 is 17.0 Å². The van der Waals surface area contributed by atoms with Crippen LogP contribution in [0.15, 0.2) is 24.5 Å². The van der Waals surface area contributed by atoms with Crippen LogP contribution in [0.1, 0.15) is 26.3 Å². The lowest BCUT2D eigenvalue weighted by Crippen LogP contribution is -2.24. The Kier molecular flexibility index (Phi) is 3.11. The number of aromatic nitrogens is 2. The van der Waals surface area contributed by atoms with E-state index in [0.29, 0.717) is 6.42 Å². The first kappa shape index (κ1) is 12.6. The van der Waals surface area contributed by atoms with Gasteiger partial charge in [0.15, 0.2) is 0 Å². The molecule has 0 atom stereocenters. The molecule has 0 fully saturated rings. The first-order valence-electron chi connectivity index (χ1n) is 5.97. The van der Waals surface area contributed by atoms with Crippen LogP contribution < -0.4 is 0 Å². The highest BCUT2D eigenvalue weighted by atomic mass is 16.6. The van der Waals surface area contributed by atoms with Crippen molar-refractivity contribution in [2.45, 2.75) is 32.8 Å². The highest BCUT2D eigenvalue weighted by Gasteiger charge is 2.16. The van der Waals surface area contributed by atoms with Gasteiger partial charge in [0.2, 0.25) is 0 Å². The number of ether oxygens (including phenoxy) is 1. The number of nitrogens with zero attached hydrogens (tertiary/aromatic N) is 2. The number of hydrogen-bond acceptors (Lipinski definition) is 3. The Bertz CT molecular complexity index is 579. The number of esters is 1. The van der Waals surface area contributed by atoms with Gasteiger partial charge in [0, 0.05) is 7.05 Å². The van der Waals surface area contributed by atoms with Crippen molar-refractivity contribution < 1.29 is 9.53 Å². The zero-order valence-electron chi connectivity index (χ0n) is 11.2. The molecule has 4 heteroatoms. The van der Waals surface area contributed by atoms with E-state index in [9.17, 15) is 4.79 Å². The molecule has 2 aromatic rings. The number of carbonyl (C=O) groups is 1. The molecule has 0 spiro atoms. The van der Waals surface area contributed by atoms with Crippen molar-refractivity contribution in [3.05, 3.63) is 30.1 Å². The number of imidazole rings is 1. The minimum absolute atomic E-state index is 0.205. The molecule has 1 heterocycles. The van der Waals surface area contributed by atoms with E-state index in [1.54, 1.807) is 6.33 Å². The summed E-state index contributed by atoms with van der Waals surface area (Å²) in [7, 11) is 1.94. The minimum atomic E-state index is -0.437. The first-order valence-corrected chi connectivity index (χ1v) is 5.97. The summed E-state index contributed by atoms with van der Waals surface area (Å²) < 4.78 is 7.24. The van der Waals surface area contributed by atoms with E-state index in [1.165, 1.54) is 0 Å². The van der Waals surface area contributed by atoms with Gasteiger partial charge in [-0.1, -0.05) is 6.07 Å². The van der Waals surface area contributed by atoms with Crippen LogP contribution in [0.5, 0.6) is 0 Å². The van der Waals surface area contributed by atoms with Gasteiger partial charge >= 0.3 is 5.97 Å². The molecule has 0 aliphatic rings. The minimum Gasteiger partial charge on any atom is -0.460 e. The molecule has 1 aromatic carbocycles. The van der Waals surface area contributed by atoms with Crippen molar-refractivity contribution in [1.82, 2.24) is 9.55 Å². The second kappa shape index (κ2) is 4.44. The highest BCUT2D eigenvalue weighted by Crippen LogP contribution is 2.16. The molecule has 4 nitrogen and oxygen atoms in total. The van der Waals surface area contributed by atoms with E-state index in [4.69, 9.17) is 4.74 Å². The second-order valence-corrected chi connectivity index (χ2v) is 5.44. The molecule has 0 radical (unpaired) electrons. The molecular formula is C14H18N2O2. The van der Waals surface area contributed by atoms with E-state index >= 15 is 0 Å². The van der Waals surface area contributed by atoms with Crippen molar-refractivity contribution in [2.24, 2.45) is 7.05 Å². The van der Waals surface area contributed by atoms with E-state index in [1.807, 2.05) is 50.6 Å². The maximum atomic E-state index is 11.7. The number of aryl methyl sites for hydroxylation is 1. The third-order valence-electron chi connectivity index (χ3n) is 2.56. The lowest BCUT2D eigenvalue weighted by molar-refractivity contribution is -0.153. The SMILES string of the molecule is Cn1cnc2ccc(CC(=O)OC(C)(C)C)cc21. The lowest BCUT2D eigenvalue weighted by Gasteiger charge is -2.19. The highest BCUT2D eigenvalue weighted by molar-refractivity contribution is 5.79. The maximum absolute atomic E-state index is 11.7. The fourth-order valence-corrected chi connectivity index (χ4v) is 1.83. The third-order valence-corrected chi connectivity index (χ3v) is 2.56. The topological polar surface area (TPSA) is 44.1 Å². The summed E-state index contributed by atoms with van der Waals surface area (Å²) in [6.07, 6.45) is 2.06. The number of benzene rings is 1. The van der Waals surface area contributed by atoms with Crippen LogP contribution in [0.3, 0.4) is 0 Å². The summed E-state index contributed by atoms with van der Waals surface area (Å²) in [5.41, 5.74) is 2.47. The first-order chi connectivity index (χ1) is 8.35. The molecule has 0 saturated heterocycles.